The first-order valence-electron chi connectivity index (χ1n) is 4.82. The molecule has 1 atom stereocenters. The average Bonchev–Trinajstić information content (AvgIpc) is 2.68. The Morgan fingerprint density at radius 3 is 2.50 bits per heavy atom. The molecule has 2 rings (SSSR count). The lowest BCUT2D eigenvalue weighted by Crippen LogP contribution is -2.00. The van der Waals surface area contributed by atoms with Gasteiger partial charge in [-0.1, -0.05) is 23.7 Å². The van der Waals surface area contributed by atoms with Gasteiger partial charge in [0, 0.05) is 17.0 Å². The number of rotatable bonds is 3. The summed E-state index contributed by atoms with van der Waals surface area (Å²) >= 11 is 9.03. The molecule has 0 amide bonds. The van der Waals surface area contributed by atoms with Gasteiger partial charge in [-0.25, -0.2) is 0 Å². The van der Waals surface area contributed by atoms with Gasteiger partial charge in [0.1, 0.15) is 0 Å². The summed E-state index contributed by atoms with van der Waals surface area (Å²) in [4.78, 5) is 0. The number of aliphatic hydroxyl groups excluding tert-OH is 1. The predicted molar refractivity (Wildman–Crippen MR) is 66.5 cm³/mol. The Bertz CT molecular complexity index is 464. The number of halogens is 2. The number of aliphatic hydroxyl groups is 1. The van der Waals surface area contributed by atoms with Crippen molar-refractivity contribution in [3.05, 3.63) is 57.4 Å². The highest BCUT2D eigenvalue weighted by atomic mass is 79.9. The van der Waals surface area contributed by atoms with Crippen molar-refractivity contribution >= 4 is 27.5 Å². The van der Waals surface area contributed by atoms with Crippen LogP contribution in [0.4, 0.5) is 0 Å². The summed E-state index contributed by atoms with van der Waals surface area (Å²) in [6.45, 7) is 0. The molecule has 1 heterocycles. The van der Waals surface area contributed by atoms with E-state index in [1.54, 1.807) is 12.3 Å². The van der Waals surface area contributed by atoms with Crippen LogP contribution in [0.15, 0.2) is 45.7 Å². The molecule has 2 nitrogen and oxygen atoms in total. The van der Waals surface area contributed by atoms with Gasteiger partial charge in [-0.3, -0.25) is 0 Å². The van der Waals surface area contributed by atoms with E-state index < -0.39 is 6.10 Å². The monoisotopic (exact) mass is 300 g/mol. The van der Waals surface area contributed by atoms with Gasteiger partial charge in [-0.05, 0) is 39.7 Å². The topological polar surface area (TPSA) is 33.4 Å². The number of hydrogen-bond acceptors (Lipinski definition) is 2. The molecule has 1 aromatic heterocycles. The van der Waals surface area contributed by atoms with E-state index in [9.17, 15) is 5.11 Å². The fourth-order valence-corrected chi connectivity index (χ4v) is 2.13. The van der Waals surface area contributed by atoms with Gasteiger partial charge in [-0.2, -0.15) is 0 Å². The van der Waals surface area contributed by atoms with Crippen molar-refractivity contribution in [1.29, 1.82) is 0 Å². The molecule has 1 N–H and O–H groups in total. The van der Waals surface area contributed by atoms with Crippen molar-refractivity contribution < 1.29 is 9.52 Å². The summed E-state index contributed by atoms with van der Waals surface area (Å²) in [5.74, 6) is 0. The van der Waals surface area contributed by atoms with E-state index in [1.165, 1.54) is 0 Å². The lowest BCUT2D eigenvalue weighted by Gasteiger charge is -2.09. The quantitative estimate of drug-likeness (QED) is 0.930. The van der Waals surface area contributed by atoms with Gasteiger partial charge in [0.15, 0.2) is 4.67 Å². The minimum Gasteiger partial charge on any atom is -0.457 e. The number of hydrogen-bond donors (Lipinski definition) is 1. The molecular formula is C12H10BrClO2. The highest BCUT2D eigenvalue weighted by Gasteiger charge is 2.14. The number of benzene rings is 1. The molecule has 0 bridgehead atoms. The van der Waals surface area contributed by atoms with E-state index in [-0.39, 0.29) is 0 Å². The molecule has 0 fully saturated rings. The lowest BCUT2D eigenvalue weighted by molar-refractivity contribution is 0.176. The van der Waals surface area contributed by atoms with E-state index >= 15 is 0 Å². The maximum Gasteiger partial charge on any atom is 0.174 e. The maximum atomic E-state index is 9.99. The van der Waals surface area contributed by atoms with E-state index in [0.29, 0.717) is 16.1 Å². The fraction of sp³-hybridized carbons (Fsp3) is 0.167. The normalized spacial score (nSPS) is 12.7. The molecule has 4 heteroatoms. The van der Waals surface area contributed by atoms with E-state index in [0.717, 1.165) is 11.1 Å². The van der Waals surface area contributed by atoms with Crippen molar-refractivity contribution in [3.63, 3.8) is 0 Å². The molecular weight excluding hydrogens is 291 g/mol. The van der Waals surface area contributed by atoms with Crippen LogP contribution in [-0.4, -0.2) is 5.11 Å². The molecule has 1 aromatic carbocycles. The summed E-state index contributed by atoms with van der Waals surface area (Å²) < 4.78 is 5.66. The molecule has 0 aliphatic carbocycles. The van der Waals surface area contributed by atoms with Gasteiger partial charge >= 0.3 is 0 Å². The van der Waals surface area contributed by atoms with Crippen LogP contribution < -0.4 is 0 Å². The van der Waals surface area contributed by atoms with Crippen LogP contribution in [0, 0.1) is 0 Å². The molecule has 0 aliphatic rings. The van der Waals surface area contributed by atoms with Crippen LogP contribution in [-0.2, 0) is 6.42 Å². The summed E-state index contributed by atoms with van der Waals surface area (Å²) in [5, 5.41) is 10.7. The van der Waals surface area contributed by atoms with Crippen LogP contribution in [0.3, 0.4) is 0 Å². The Labute approximate surface area is 107 Å². The van der Waals surface area contributed by atoms with Crippen LogP contribution in [0.2, 0.25) is 5.02 Å². The minimum atomic E-state index is -0.575. The average molecular weight is 302 g/mol. The standard InChI is InChI=1S/C12H10BrClO2/c13-12-10(5-6-16-12)11(15)7-8-1-3-9(14)4-2-8/h1-6,11,15H,7H2. The lowest BCUT2D eigenvalue weighted by atomic mass is 10.0. The van der Waals surface area contributed by atoms with Crippen molar-refractivity contribution in [2.24, 2.45) is 0 Å². The van der Waals surface area contributed by atoms with Gasteiger partial charge < -0.3 is 9.52 Å². The number of furan rings is 1. The fourth-order valence-electron chi connectivity index (χ4n) is 1.50. The smallest absolute Gasteiger partial charge is 0.174 e. The minimum absolute atomic E-state index is 0.537. The van der Waals surface area contributed by atoms with Crippen molar-refractivity contribution in [2.45, 2.75) is 12.5 Å². The van der Waals surface area contributed by atoms with Crippen LogP contribution >= 0.6 is 27.5 Å². The molecule has 1 unspecified atom stereocenters. The zero-order valence-corrected chi connectivity index (χ0v) is 10.7. The molecule has 0 saturated heterocycles. The second-order valence-electron chi connectivity index (χ2n) is 3.50. The Hall–Kier alpha value is -0.770. The third-order valence-corrected chi connectivity index (χ3v) is 3.24. The Morgan fingerprint density at radius 1 is 1.25 bits per heavy atom. The maximum absolute atomic E-state index is 9.99. The summed E-state index contributed by atoms with van der Waals surface area (Å²) in [6, 6.07) is 9.19. The van der Waals surface area contributed by atoms with Crippen LogP contribution in [0.25, 0.3) is 0 Å². The Morgan fingerprint density at radius 2 is 1.94 bits per heavy atom. The molecule has 0 saturated carbocycles. The predicted octanol–water partition coefficient (Wildman–Crippen LogP) is 3.97. The molecule has 16 heavy (non-hydrogen) atoms. The van der Waals surface area contributed by atoms with E-state index in [1.807, 2.05) is 24.3 Å². The highest BCUT2D eigenvalue weighted by Crippen LogP contribution is 2.27. The largest absolute Gasteiger partial charge is 0.457 e. The second-order valence-corrected chi connectivity index (χ2v) is 4.65. The first-order chi connectivity index (χ1) is 7.66. The summed E-state index contributed by atoms with van der Waals surface area (Å²) in [5.41, 5.74) is 1.79. The van der Waals surface area contributed by atoms with Gasteiger partial charge in [-0.15, -0.1) is 0 Å². The van der Waals surface area contributed by atoms with Crippen molar-refractivity contribution in [2.75, 3.05) is 0 Å². The molecule has 0 radical (unpaired) electrons. The Kier molecular flexibility index (Phi) is 3.69. The Balaban J connectivity index is 2.10. The van der Waals surface area contributed by atoms with Gasteiger partial charge in [0.25, 0.3) is 0 Å². The van der Waals surface area contributed by atoms with Gasteiger partial charge in [0.2, 0.25) is 0 Å². The molecule has 0 spiro atoms. The first kappa shape index (κ1) is 11.7. The molecule has 2 aromatic rings. The summed E-state index contributed by atoms with van der Waals surface area (Å²) in [6.07, 6.45) is 1.51. The van der Waals surface area contributed by atoms with Crippen LogP contribution in [0.1, 0.15) is 17.2 Å². The van der Waals surface area contributed by atoms with Crippen molar-refractivity contribution in [1.82, 2.24) is 0 Å². The highest BCUT2D eigenvalue weighted by molar-refractivity contribution is 9.10. The zero-order valence-electron chi connectivity index (χ0n) is 8.36. The van der Waals surface area contributed by atoms with Crippen molar-refractivity contribution in [3.8, 4) is 0 Å². The SMILES string of the molecule is OC(Cc1ccc(Cl)cc1)c1ccoc1Br. The third-order valence-electron chi connectivity index (χ3n) is 2.35. The first-order valence-corrected chi connectivity index (χ1v) is 5.99. The van der Waals surface area contributed by atoms with Crippen LogP contribution in [0.5, 0.6) is 0 Å². The molecule has 84 valence electrons. The molecule has 0 aliphatic heterocycles. The summed E-state index contributed by atoms with van der Waals surface area (Å²) in [7, 11) is 0. The van der Waals surface area contributed by atoms with E-state index in [2.05, 4.69) is 15.9 Å². The second kappa shape index (κ2) is 5.04. The van der Waals surface area contributed by atoms with Gasteiger partial charge in [0.05, 0.1) is 12.4 Å². The third kappa shape index (κ3) is 2.67. The zero-order chi connectivity index (χ0) is 11.5. The van der Waals surface area contributed by atoms with E-state index in [4.69, 9.17) is 16.0 Å².